The SMILES string of the molecule is Cc1nc(C(=O)O)c(C(=O)O)cc1N. The van der Waals surface area contributed by atoms with Crippen molar-refractivity contribution in [3.63, 3.8) is 0 Å². The van der Waals surface area contributed by atoms with Gasteiger partial charge in [0, 0.05) is 0 Å². The number of aromatic carboxylic acids is 2. The van der Waals surface area contributed by atoms with E-state index in [0.29, 0.717) is 5.69 Å². The minimum Gasteiger partial charge on any atom is -0.478 e. The number of carbonyl (C=O) groups is 2. The zero-order valence-corrected chi connectivity index (χ0v) is 7.31. The number of anilines is 1. The first-order valence-electron chi connectivity index (χ1n) is 3.67. The Morgan fingerprint density at radius 3 is 2.36 bits per heavy atom. The molecule has 0 spiro atoms. The fraction of sp³-hybridized carbons (Fsp3) is 0.125. The Kier molecular flexibility index (Phi) is 2.37. The first-order valence-corrected chi connectivity index (χ1v) is 3.67. The minimum atomic E-state index is -1.38. The molecule has 0 saturated carbocycles. The summed E-state index contributed by atoms with van der Waals surface area (Å²) < 4.78 is 0. The molecule has 0 atom stereocenters. The molecule has 1 rings (SSSR count). The highest BCUT2D eigenvalue weighted by molar-refractivity contribution is 6.00. The van der Waals surface area contributed by atoms with Crippen LogP contribution in [0.4, 0.5) is 5.69 Å². The molecule has 0 amide bonds. The molecule has 74 valence electrons. The van der Waals surface area contributed by atoms with Crippen LogP contribution in [0.2, 0.25) is 0 Å². The van der Waals surface area contributed by atoms with Crippen LogP contribution in [0.25, 0.3) is 0 Å². The second-order valence-electron chi connectivity index (χ2n) is 2.67. The lowest BCUT2D eigenvalue weighted by Crippen LogP contribution is -2.12. The van der Waals surface area contributed by atoms with Crippen molar-refractivity contribution in [3.8, 4) is 0 Å². The summed E-state index contributed by atoms with van der Waals surface area (Å²) in [7, 11) is 0. The lowest BCUT2D eigenvalue weighted by Gasteiger charge is -2.04. The number of hydrogen-bond donors (Lipinski definition) is 3. The summed E-state index contributed by atoms with van der Waals surface area (Å²) in [6.45, 7) is 1.51. The maximum absolute atomic E-state index is 10.6. The molecule has 0 unspecified atom stereocenters. The fourth-order valence-corrected chi connectivity index (χ4v) is 0.947. The molecule has 6 heteroatoms. The molecular formula is C8H8N2O4. The van der Waals surface area contributed by atoms with Gasteiger partial charge in [0.25, 0.3) is 0 Å². The van der Waals surface area contributed by atoms with Gasteiger partial charge >= 0.3 is 11.9 Å². The van der Waals surface area contributed by atoms with E-state index in [1.54, 1.807) is 0 Å². The zero-order chi connectivity index (χ0) is 10.9. The van der Waals surface area contributed by atoms with Crippen molar-refractivity contribution in [2.45, 2.75) is 6.92 Å². The summed E-state index contributed by atoms with van der Waals surface area (Å²) in [5.74, 6) is -2.74. The largest absolute Gasteiger partial charge is 0.478 e. The van der Waals surface area contributed by atoms with Gasteiger partial charge in [0.1, 0.15) is 0 Å². The van der Waals surface area contributed by atoms with Crippen LogP contribution in [-0.4, -0.2) is 27.1 Å². The third-order valence-corrected chi connectivity index (χ3v) is 1.69. The number of aryl methyl sites for hydroxylation is 1. The van der Waals surface area contributed by atoms with Crippen molar-refractivity contribution < 1.29 is 19.8 Å². The molecule has 0 aliphatic carbocycles. The van der Waals surface area contributed by atoms with Crippen LogP contribution in [0.3, 0.4) is 0 Å². The average Bonchev–Trinajstić information content (AvgIpc) is 2.08. The molecule has 0 aliphatic rings. The van der Waals surface area contributed by atoms with Gasteiger partial charge in [-0.2, -0.15) is 0 Å². The first kappa shape index (κ1) is 9.97. The van der Waals surface area contributed by atoms with E-state index in [9.17, 15) is 9.59 Å². The Morgan fingerprint density at radius 1 is 1.36 bits per heavy atom. The third-order valence-electron chi connectivity index (χ3n) is 1.69. The summed E-state index contributed by atoms with van der Waals surface area (Å²) >= 11 is 0. The number of carboxylic acid groups (broad SMARTS) is 2. The predicted octanol–water partition coefficient (Wildman–Crippen LogP) is 0.369. The molecule has 0 aliphatic heterocycles. The van der Waals surface area contributed by atoms with Crippen molar-refractivity contribution in [1.29, 1.82) is 0 Å². The maximum Gasteiger partial charge on any atom is 0.355 e. The number of carboxylic acids is 2. The second kappa shape index (κ2) is 3.33. The lowest BCUT2D eigenvalue weighted by molar-refractivity contribution is 0.0646. The van der Waals surface area contributed by atoms with Crippen LogP contribution in [0.5, 0.6) is 0 Å². The van der Waals surface area contributed by atoms with E-state index in [1.165, 1.54) is 6.92 Å². The highest BCUT2D eigenvalue weighted by Crippen LogP contribution is 2.14. The smallest absolute Gasteiger partial charge is 0.355 e. The molecular weight excluding hydrogens is 188 g/mol. The van der Waals surface area contributed by atoms with E-state index in [4.69, 9.17) is 15.9 Å². The van der Waals surface area contributed by atoms with Crippen LogP contribution >= 0.6 is 0 Å². The zero-order valence-electron chi connectivity index (χ0n) is 7.31. The molecule has 0 bridgehead atoms. The van der Waals surface area contributed by atoms with Gasteiger partial charge in [-0.05, 0) is 13.0 Å². The topological polar surface area (TPSA) is 114 Å². The van der Waals surface area contributed by atoms with Crippen molar-refractivity contribution in [3.05, 3.63) is 23.0 Å². The van der Waals surface area contributed by atoms with Gasteiger partial charge in [0.05, 0.1) is 16.9 Å². The van der Waals surface area contributed by atoms with E-state index in [2.05, 4.69) is 4.98 Å². The molecule has 0 radical (unpaired) electrons. The lowest BCUT2D eigenvalue weighted by atomic mass is 10.1. The maximum atomic E-state index is 10.6. The predicted molar refractivity (Wildman–Crippen MR) is 47.3 cm³/mol. The minimum absolute atomic E-state index is 0.160. The summed E-state index contributed by atoms with van der Waals surface area (Å²) in [5.41, 5.74) is 4.97. The van der Waals surface area contributed by atoms with Crippen molar-refractivity contribution >= 4 is 17.6 Å². The average molecular weight is 196 g/mol. The highest BCUT2D eigenvalue weighted by atomic mass is 16.4. The van der Waals surface area contributed by atoms with E-state index in [-0.39, 0.29) is 5.69 Å². The molecule has 4 N–H and O–H groups in total. The Bertz CT molecular complexity index is 375. The summed E-state index contributed by atoms with van der Waals surface area (Å²) in [5, 5.41) is 17.3. The molecule has 0 aromatic carbocycles. The van der Waals surface area contributed by atoms with Crippen LogP contribution in [0, 0.1) is 6.92 Å². The number of nitrogens with two attached hydrogens (primary N) is 1. The first-order chi connectivity index (χ1) is 6.43. The Balaban J connectivity index is 3.46. The molecule has 1 aromatic rings. The highest BCUT2D eigenvalue weighted by Gasteiger charge is 2.18. The summed E-state index contributed by atoms with van der Waals surface area (Å²) in [6.07, 6.45) is 0. The monoisotopic (exact) mass is 196 g/mol. The Hall–Kier alpha value is -2.11. The van der Waals surface area contributed by atoms with Gasteiger partial charge in [-0.1, -0.05) is 0 Å². The molecule has 1 aromatic heterocycles. The van der Waals surface area contributed by atoms with E-state index >= 15 is 0 Å². The molecule has 6 nitrogen and oxygen atoms in total. The number of hydrogen-bond acceptors (Lipinski definition) is 4. The van der Waals surface area contributed by atoms with Gasteiger partial charge in [0.2, 0.25) is 0 Å². The molecule has 1 heterocycles. The summed E-state index contributed by atoms with van der Waals surface area (Å²) in [6, 6.07) is 1.09. The fourth-order valence-electron chi connectivity index (χ4n) is 0.947. The van der Waals surface area contributed by atoms with Gasteiger partial charge in [-0.15, -0.1) is 0 Å². The van der Waals surface area contributed by atoms with E-state index in [1.807, 2.05) is 0 Å². The van der Waals surface area contributed by atoms with E-state index < -0.39 is 23.2 Å². The Labute approximate surface area is 79.0 Å². The summed E-state index contributed by atoms with van der Waals surface area (Å²) in [4.78, 5) is 24.8. The van der Waals surface area contributed by atoms with Crippen LogP contribution in [0.15, 0.2) is 6.07 Å². The van der Waals surface area contributed by atoms with E-state index in [0.717, 1.165) is 6.07 Å². The van der Waals surface area contributed by atoms with Gasteiger partial charge in [0.15, 0.2) is 5.69 Å². The standard InChI is InChI=1S/C8H8N2O4/c1-3-5(9)2-4(7(11)12)6(10-3)8(13)14/h2H,9H2,1H3,(H,11,12)(H,13,14). The number of nitrogens with zero attached hydrogens (tertiary/aromatic N) is 1. The van der Waals surface area contributed by atoms with Gasteiger partial charge < -0.3 is 15.9 Å². The van der Waals surface area contributed by atoms with Crippen LogP contribution < -0.4 is 5.73 Å². The van der Waals surface area contributed by atoms with Crippen LogP contribution in [-0.2, 0) is 0 Å². The van der Waals surface area contributed by atoms with Crippen molar-refractivity contribution in [1.82, 2.24) is 4.98 Å². The molecule has 0 fully saturated rings. The van der Waals surface area contributed by atoms with Gasteiger partial charge in [-0.25, -0.2) is 14.6 Å². The van der Waals surface area contributed by atoms with Gasteiger partial charge in [-0.3, -0.25) is 0 Å². The normalized spacial score (nSPS) is 9.79. The Morgan fingerprint density at radius 2 is 1.93 bits per heavy atom. The molecule has 14 heavy (non-hydrogen) atoms. The quantitative estimate of drug-likeness (QED) is 0.629. The number of rotatable bonds is 2. The number of pyridine rings is 1. The van der Waals surface area contributed by atoms with Crippen LogP contribution in [0.1, 0.15) is 26.5 Å². The second-order valence-corrected chi connectivity index (χ2v) is 2.67. The van der Waals surface area contributed by atoms with Crippen molar-refractivity contribution in [2.24, 2.45) is 0 Å². The number of nitrogen functional groups attached to an aromatic ring is 1. The molecule has 0 saturated heterocycles. The number of aromatic nitrogens is 1. The third kappa shape index (κ3) is 1.63. The van der Waals surface area contributed by atoms with Crippen molar-refractivity contribution in [2.75, 3.05) is 5.73 Å².